The number of nitrogens with zero attached hydrogens (tertiary/aromatic N) is 1. The van der Waals surface area contributed by atoms with Crippen molar-refractivity contribution in [3.8, 4) is 0 Å². The average Bonchev–Trinajstić information content (AvgIpc) is 2.40. The van der Waals surface area contributed by atoms with Crippen LogP contribution in [0.5, 0.6) is 0 Å². The zero-order valence-electron chi connectivity index (χ0n) is 10.4. The summed E-state index contributed by atoms with van der Waals surface area (Å²) in [6.07, 6.45) is 2.81. The molecule has 1 aromatic rings. The lowest BCUT2D eigenvalue weighted by atomic mass is 10.1. The standard InChI is InChI=1S/C13H17FN2O2/c1-18-13(17)15-10-5-6-12(11(14)9-10)16-7-3-2-4-8-16/h5-6,9H,2-4,7-8H2,1H3,(H,15,17). The molecule has 0 radical (unpaired) electrons. The van der Waals surface area contributed by atoms with Crippen LogP contribution in [0.15, 0.2) is 18.2 Å². The number of halogens is 1. The van der Waals surface area contributed by atoms with E-state index in [-0.39, 0.29) is 5.82 Å². The fraction of sp³-hybridized carbons (Fsp3) is 0.462. The minimum atomic E-state index is -0.597. The molecule has 1 aromatic carbocycles. The van der Waals surface area contributed by atoms with Crippen LogP contribution in [0.2, 0.25) is 0 Å². The second-order valence-electron chi connectivity index (χ2n) is 4.33. The third kappa shape index (κ3) is 2.91. The maximum Gasteiger partial charge on any atom is 0.411 e. The summed E-state index contributed by atoms with van der Waals surface area (Å²) < 4.78 is 18.4. The number of rotatable bonds is 2. The minimum absolute atomic E-state index is 0.314. The fourth-order valence-electron chi connectivity index (χ4n) is 2.14. The molecule has 1 N–H and O–H groups in total. The maximum atomic E-state index is 14.0. The molecule has 2 rings (SSSR count). The number of nitrogens with one attached hydrogen (secondary N) is 1. The molecule has 0 bridgehead atoms. The Morgan fingerprint density at radius 1 is 1.33 bits per heavy atom. The first kappa shape index (κ1) is 12.7. The minimum Gasteiger partial charge on any atom is -0.453 e. The summed E-state index contributed by atoms with van der Waals surface area (Å²) in [5.41, 5.74) is 1.00. The van der Waals surface area contributed by atoms with Crippen LogP contribution < -0.4 is 10.2 Å². The third-order valence-electron chi connectivity index (χ3n) is 3.08. The summed E-state index contributed by atoms with van der Waals surface area (Å²) >= 11 is 0. The molecule has 5 heteroatoms. The molecular formula is C13H17FN2O2. The van der Waals surface area contributed by atoms with E-state index in [9.17, 15) is 9.18 Å². The molecule has 1 aliphatic rings. The first-order valence-electron chi connectivity index (χ1n) is 6.10. The smallest absolute Gasteiger partial charge is 0.411 e. The lowest BCUT2D eigenvalue weighted by Gasteiger charge is -2.29. The molecular weight excluding hydrogens is 235 g/mol. The van der Waals surface area contributed by atoms with Crippen LogP contribution >= 0.6 is 0 Å². The van der Waals surface area contributed by atoms with Crippen LogP contribution in [0.25, 0.3) is 0 Å². The summed E-state index contributed by atoms with van der Waals surface area (Å²) in [4.78, 5) is 13.1. The Morgan fingerprint density at radius 3 is 2.67 bits per heavy atom. The van der Waals surface area contributed by atoms with Gasteiger partial charge in [-0.3, -0.25) is 5.32 Å². The van der Waals surface area contributed by atoms with E-state index in [0.717, 1.165) is 25.9 Å². The summed E-state index contributed by atoms with van der Waals surface area (Å²) in [7, 11) is 1.27. The fourth-order valence-corrected chi connectivity index (χ4v) is 2.14. The largest absolute Gasteiger partial charge is 0.453 e. The molecule has 0 spiro atoms. The predicted octanol–water partition coefficient (Wildman–Crippen LogP) is 2.99. The molecule has 1 heterocycles. The molecule has 0 saturated carbocycles. The molecule has 0 aliphatic carbocycles. The SMILES string of the molecule is COC(=O)Nc1ccc(N2CCCCC2)c(F)c1. The Kier molecular flexibility index (Phi) is 4.02. The van der Waals surface area contributed by atoms with Crippen molar-refractivity contribution in [1.29, 1.82) is 0 Å². The molecule has 1 fully saturated rings. The summed E-state index contributed by atoms with van der Waals surface area (Å²) in [6.45, 7) is 1.78. The Morgan fingerprint density at radius 2 is 2.06 bits per heavy atom. The highest BCUT2D eigenvalue weighted by molar-refractivity contribution is 5.84. The lowest BCUT2D eigenvalue weighted by Crippen LogP contribution is -2.30. The number of carbonyl (C=O) groups excluding carboxylic acids is 1. The molecule has 1 saturated heterocycles. The van der Waals surface area contributed by atoms with Gasteiger partial charge in [0.2, 0.25) is 0 Å². The van der Waals surface area contributed by atoms with Crippen molar-refractivity contribution in [2.75, 3.05) is 30.4 Å². The van der Waals surface area contributed by atoms with Gasteiger partial charge in [-0.15, -0.1) is 0 Å². The van der Waals surface area contributed by atoms with E-state index in [1.54, 1.807) is 12.1 Å². The first-order valence-corrected chi connectivity index (χ1v) is 6.10. The van der Waals surface area contributed by atoms with Crippen molar-refractivity contribution in [1.82, 2.24) is 0 Å². The summed E-state index contributed by atoms with van der Waals surface area (Å²) in [6, 6.07) is 4.71. The van der Waals surface area contributed by atoms with Gasteiger partial charge in [-0.25, -0.2) is 9.18 Å². The Bertz CT molecular complexity index is 431. The van der Waals surface area contributed by atoms with E-state index < -0.39 is 6.09 Å². The number of hydrogen-bond donors (Lipinski definition) is 1. The normalized spacial score (nSPS) is 15.3. The summed E-state index contributed by atoms with van der Waals surface area (Å²) in [5, 5.41) is 2.44. The van der Waals surface area contributed by atoms with Gasteiger partial charge in [0.1, 0.15) is 5.82 Å². The van der Waals surface area contributed by atoms with E-state index in [0.29, 0.717) is 11.4 Å². The van der Waals surface area contributed by atoms with Crippen LogP contribution in [0.1, 0.15) is 19.3 Å². The second kappa shape index (κ2) is 5.71. The van der Waals surface area contributed by atoms with E-state index in [1.165, 1.54) is 19.6 Å². The van der Waals surface area contributed by atoms with Gasteiger partial charge in [0.15, 0.2) is 0 Å². The predicted molar refractivity (Wildman–Crippen MR) is 68.5 cm³/mol. The zero-order chi connectivity index (χ0) is 13.0. The number of anilines is 2. The number of benzene rings is 1. The molecule has 0 unspecified atom stereocenters. The van der Waals surface area contributed by atoms with Crippen molar-refractivity contribution in [2.45, 2.75) is 19.3 Å². The number of methoxy groups -OCH3 is 1. The molecule has 98 valence electrons. The van der Waals surface area contributed by atoms with Crippen molar-refractivity contribution in [3.05, 3.63) is 24.0 Å². The molecule has 1 aliphatic heterocycles. The van der Waals surface area contributed by atoms with Gasteiger partial charge in [-0.05, 0) is 37.5 Å². The highest BCUT2D eigenvalue weighted by atomic mass is 19.1. The number of ether oxygens (including phenoxy) is 1. The Labute approximate surface area is 106 Å². The molecule has 18 heavy (non-hydrogen) atoms. The van der Waals surface area contributed by atoms with Gasteiger partial charge < -0.3 is 9.64 Å². The quantitative estimate of drug-likeness (QED) is 0.879. The van der Waals surface area contributed by atoms with Crippen LogP contribution in [0.3, 0.4) is 0 Å². The highest BCUT2D eigenvalue weighted by Gasteiger charge is 2.15. The van der Waals surface area contributed by atoms with Crippen LogP contribution in [0, 0.1) is 5.82 Å². The van der Waals surface area contributed by atoms with Gasteiger partial charge in [-0.1, -0.05) is 0 Å². The van der Waals surface area contributed by atoms with E-state index in [1.807, 2.05) is 4.90 Å². The number of piperidine rings is 1. The van der Waals surface area contributed by atoms with Crippen LogP contribution in [0.4, 0.5) is 20.6 Å². The van der Waals surface area contributed by atoms with Crippen molar-refractivity contribution in [2.24, 2.45) is 0 Å². The van der Waals surface area contributed by atoms with Gasteiger partial charge in [0.25, 0.3) is 0 Å². The monoisotopic (exact) mass is 252 g/mol. The second-order valence-corrected chi connectivity index (χ2v) is 4.33. The molecule has 1 amide bonds. The Hall–Kier alpha value is -1.78. The summed E-state index contributed by atoms with van der Waals surface area (Å²) in [5.74, 6) is -0.314. The number of amides is 1. The van der Waals surface area contributed by atoms with Crippen molar-refractivity contribution >= 4 is 17.5 Å². The van der Waals surface area contributed by atoms with E-state index in [2.05, 4.69) is 10.1 Å². The molecule has 0 atom stereocenters. The topological polar surface area (TPSA) is 41.6 Å². The average molecular weight is 252 g/mol. The first-order chi connectivity index (χ1) is 8.70. The van der Waals surface area contributed by atoms with Gasteiger partial charge in [0.05, 0.1) is 12.8 Å². The van der Waals surface area contributed by atoms with E-state index in [4.69, 9.17) is 0 Å². The number of hydrogen-bond acceptors (Lipinski definition) is 3. The van der Waals surface area contributed by atoms with Crippen LogP contribution in [-0.2, 0) is 4.74 Å². The maximum absolute atomic E-state index is 14.0. The van der Waals surface area contributed by atoms with Crippen LogP contribution in [-0.4, -0.2) is 26.3 Å². The third-order valence-corrected chi connectivity index (χ3v) is 3.08. The highest BCUT2D eigenvalue weighted by Crippen LogP contribution is 2.25. The molecule has 0 aromatic heterocycles. The van der Waals surface area contributed by atoms with Crippen molar-refractivity contribution in [3.63, 3.8) is 0 Å². The van der Waals surface area contributed by atoms with E-state index >= 15 is 0 Å². The van der Waals surface area contributed by atoms with Gasteiger partial charge in [0, 0.05) is 18.8 Å². The number of carbonyl (C=O) groups is 1. The van der Waals surface area contributed by atoms with Crippen molar-refractivity contribution < 1.29 is 13.9 Å². The Balaban J connectivity index is 2.11. The van der Waals surface area contributed by atoms with Gasteiger partial charge >= 0.3 is 6.09 Å². The van der Waals surface area contributed by atoms with Gasteiger partial charge in [-0.2, -0.15) is 0 Å². The zero-order valence-corrected chi connectivity index (χ0v) is 10.4. The lowest BCUT2D eigenvalue weighted by molar-refractivity contribution is 0.187. The molecule has 4 nitrogen and oxygen atoms in total.